The molecule has 2 aromatic rings. The van der Waals surface area contributed by atoms with Gasteiger partial charge < -0.3 is 19.6 Å². The zero-order valence-corrected chi connectivity index (χ0v) is 11.3. The van der Waals surface area contributed by atoms with Gasteiger partial charge in [0.05, 0.1) is 25.9 Å². The van der Waals surface area contributed by atoms with Crippen LogP contribution in [0.5, 0.6) is 0 Å². The Morgan fingerprint density at radius 2 is 2.45 bits per heavy atom. The molecular weight excluding hydrogens is 258 g/mol. The third-order valence-electron chi connectivity index (χ3n) is 3.34. The second kappa shape index (κ2) is 5.46. The molecule has 3 heterocycles. The van der Waals surface area contributed by atoms with Crippen molar-refractivity contribution in [1.29, 1.82) is 0 Å². The molecule has 0 radical (unpaired) electrons. The summed E-state index contributed by atoms with van der Waals surface area (Å²) in [5.41, 5.74) is 1.82. The number of amides is 1. The normalized spacial score (nSPS) is 19.2. The second-order valence-electron chi connectivity index (χ2n) is 4.90. The predicted octanol–water partition coefficient (Wildman–Crippen LogP) is 0.584. The van der Waals surface area contributed by atoms with Crippen molar-refractivity contribution in [3.05, 3.63) is 35.9 Å². The van der Waals surface area contributed by atoms with Gasteiger partial charge in [0.25, 0.3) is 0 Å². The number of rotatable bonds is 3. The Hall–Kier alpha value is -2.15. The fraction of sp³-hybridized carbons (Fsp3) is 0.462. The van der Waals surface area contributed by atoms with Crippen molar-refractivity contribution in [1.82, 2.24) is 24.8 Å². The number of imidazole rings is 2. The van der Waals surface area contributed by atoms with Crippen LogP contribution in [0.25, 0.3) is 0 Å². The number of aromatic amines is 2. The first-order valence-electron chi connectivity index (χ1n) is 6.60. The number of nitrogens with one attached hydrogen (secondary N) is 2. The molecule has 7 heteroatoms. The van der Waals surface area contributed by atoms with E-state index in [-0.39, 0.29) is 12.0 Å². The highest BCUT2D eigenvalue weighted by atomic mass is 16.5. The Morgan fingerprint density at radius 1 is 1.55 bits per heavy atom. The lowest BCUT2D eigenvalue weighted by Gasteiger charge is -2.32. The van der Waals surface area contributed by atoms with Crippen LogP contribution in [0.3, 0.4) is 0 Å². The van der Waals surface area contributed by atoms with Gasteiger partial charge in [0.2, 0.25) is 5.91 Å². The molecule has 3 rings (SSSR count). The molecule has 7 nitrogen and oxygen atoms in total. The average molecular weight is 275 g/mol. The predicted molar refractivity (Wildman–Crippen MR) is 70.9 cm³/mol. The van der Waals surface area contributed by atoms with Crippen molar-refractivity contribution >= 4 is 5.91 Å². The van der Waals surface area contributed by atoms with Crippen LogP contribution in [0.1, 0.15) is 23.3 Å². The summed E-state index contributed by atoms with van der Waals surface area (Å²) in [6.07, 6.45) is 5.18. The van der Waals surface area contributed by atoms with Gasteiger partial charge in [0, 0.05) is 30.3 Å². The van der Waals surface area contributed by atoms with Crippen LogP contribution in [0.2, 0.25) is 0 Å². The van der Waals surface area contributed by atoms with E-state index in [0.29, 0.717) is 26.1 Å². The highest BCUT2D eigenvalue weighted by molar-refractivity contribution is 5.78. The Labute approximate surface area is 116 Å². The van der Waals surface area contributed by atoms with Crippen molar-refractivity contribution in [2.24, 2.45) is 0 Å². The van der Waals surface area contributed by atoms with E-state index in [9.17, 15) is 4.79 Å². The van der Waals surface area contributed by atoms with E-state index in [0.717, 1.165) is 17.2 Å². The zero-order chi connectivity index (χ0) is 13.9. The van der Waals surface area contributed by atoms with Crippen LogP contribution in [0, 0.1) is 6.92 Å². The van der Waals surface area contributed by atoms with Crippen molar-refractivity contribution in [3.8, 4) is 0 Å². The molecule has 0 saturated carbocycles. The fourth-order valence-corrected chi connectivity index (χ4v) is 2.29. The lowest BCUT2D eigenvalue weighted by Crippen LogP contribution is -2.43. The molecule has 0 spiro atoms. The summed E-state index contributed by atoms with van der Waals surface area (Å²) >= 11 is 0. The molecule has 1 saturated heterocycles. The number of nitrogens with zero attached hydrogens (tertiary/aromatic N) is 3. The minimum absolute atomic E-state index is 0.0748. The summed E-state index contributed by atoms with van der Waals surface area (Å²) in [4.78, 5) is 28.4. The third-order valence-corrected chi connectivity index (χ3v) is 3.34. The lowest BCUT2D eigenvalue weighted by molar-refractivity contribution is -0.138. The largest absolute Gasteiger partial charge is 0.367 e. The van der Waals surface area contributed by atoms with E-state index in [1.807, 2.05) is 11.8 Å². The van der Waals surface area contributed by atoms with E-state index in [2.05, 4.69) is 19.9 Å². The second-order valence-corrected chi connectivity index (χ2v) is 4.90. The number of carbonyl (C=O) groups is 1. The number of aromatic nitrogens is 4. The van der Waals surface area contributed by atoms with E-state index < -0.39 is 0 Å². The Balaban J connectivity index is 1.64. The lowest BCUT2D eigenvalue weighted by atomic mass is 10.2. The molecular formula is C13H17N5O2. The van der Waals surface area contributed by atoms with E-state index in [1.54, 1.807) is 18.7 Å². The first-order chi connectivity index (χ1) is 9.72. The Kier molecular flexibility index (Phi) is 3.51. The number of morpholine rings is 1. The molecule has 1 fully saturated rings. The van der Waals surface area contributed by atoms with Gasteiger partial charge in [0.15, 0.2) is 0 Å². The maximum absolute atomic E-state index is 12.2. The van der Waals surface area contributed by atoms with Gasteiger partial charge in [-0.2, -0.15) is 0 Å². The van der Waals surface area contributed by atoms with Crippen LogP contribution >= 0.6 is 0 Å². The Bertz CT molecular complexity index is 577. The summed E-state index contributed by atoms with van der Waals surface area (Å²) in [5, 5.41) is 0. The highest BCUT2D eigenvalue weighted by Gasteiger charge is 2.27. The molecule has 0 bridgehead atoms. The van der Waals surface area contributed by atoms with Crippen LogP contribution in [0.4, 0.5) is 0 Å². The van der Waals surface area contributed by atoms with Gasteiger partial charge in [-0.3, -0.25) is 4.79 Å². The third kappa shape index (κ3) is 2.72. The smallest absolute Gasteiger partial charge is 0.228 e. The average Bonchev–Trinajstić information content (AvgIpc) is 3.10. The number of H-pyrrole nitrogens is 2. The van der Waals surface area contributed by atoms with Gasteiger partial charge in [-0.1, -0.05) is 0 Å². The molecule has 20 heavy (non-hydrogen) atoms. The minimum atomic E-state index is -0.178. The molecule has 0 unspecified atom stereocenters. The monoisotopic (exact) mass is 275 g/mol. The van der Waals surface area contributed by atoms with E-state index in [1.165, 1.54) is 0 Å². The standard InChI is InChI=1S/C13H17N5O2/c1-9-5-15-13(17-9)11-7-18(2-3-20-11)12(19)4-10-6-14-8-16-10/h5-6,8,11H,2-4,7H2,1H3,(H,14,16)(H,15,17)/t11-/m1/s1. The summed E-state index contributed by atoms with van der Waals surface area (Å²) in [5.74, 6) is 0.854. The van der Waals surface area contributed by atoms with Gasteiger partial charge in [0.1, 0.15) is 11.9 Å². The van der Waals surface area contributed by atoms with Crippen molar-refractivity contribution in [2.75, 3.05) is 19.7 Å². The molecule has 1 aliphatic heterocycles. The molecule has 2 aromatic heterocycles. The molecule has 2 N–H and O–H groups in total. The fourth-order valence-electron chi connectivity index (χ4n) is 2.29. The highest BCUT2D eigenvalue weighted by Crippen LogP contribution is 2.20. The van der Waals surface area contributed by atoms with Crippen molar-refractivity contribution in [2.45, 2.75) is 19.4 Å². The minimum Gasteiger partial charge on any atom is -0.367 e. The first kappa shape index (κ1) is 12.9. The molecule has 1 amide bonds. The van der Waals surface area contributed by atoms with Gasteiger partial charge in [-0.15, -0.1) is 0 Å². The van der Waals surface area contributed by atoms with Crippen LogP contribution in [-0.4, -0.2) is 50.4 Å². The summed E-state index contributed by atoms with van der Waals surface area (Å²) in [6.45, 7) is 3.61. The number of hydrogen-bond acceptors (Lipinski definition) is 4. The van der Waals surface area contributed by atoms with E-state index in [4.69, 9.17) is 4.74 Å². The number of hydrogen-bond donors (Lipinski definition) is 2. The van der Waals surface area contributed by atoms with Crippen LogP contribution < -0.4 is 0 Å². The summed E-state index contributed by atoms with van der Waals surface area (Å²) < 4.78 is 5.69. The SMILES string of the molecule is Cc1cnc([C@H]2CN(C(=O)Cc3cnc[nH]3)CCO2)[nH]1. The first-order valence-corrected chi connectivity index (χ1v) is 6.60. The summed E-state index contributed by atoms with van der Waals surface area (Å²) in [6, 6.07) is 0. The molecule has 1 aliphatic rings. The topological polar surface area (TPSA) is 86.9 Å². The molecule has 0 aromatic carbocycles. The zero-order valence-electron chi connectivity index (χ0n) is 11.3. The maximum Gasteiger partial charge on any atom is 0.228 e. The van der Waals surface area contributed by atoms with Gasteiger partial charge in [-0.05, 0) is 6.92 Å². The van der Waals surface area contributed by atoms with Crippen molar-refractivity contribution in [3.63, 3.8) is 0 Å². The quantitative estimate of drug-likeness (QED) is 0.858. The molecule has 106 valence electrons. The van der Waals surface area contributed by atoms with E-state index >= 15 is 0 Å². The summed E-state index contributed by atoms with van der Waals surface area (Å²) in [7, 11) is 0. The Morgan fingerprint density at radius 3 is 3.15 bits per heavy atom. The molecule has 0 aliphatic carbocycles. The maximum atomic E-state index is 12.2. The number of aryl methyl sites for hydroxylation is 1. The van der Waals surface area contributed by atoms with Gasteiger partial charge >= 0.3 is 0 Å². The molecule has 1 atom stereocenters. The van der Waals surface area contributed by atoms with Gasteiger partial charge in [-0.25, -0.2) is 9.97 Å². The van der Waals surface area contributed by atoms with Crippen LogP contribution in [-0.2, 0) is 16.0 Å². The number of carbonyl (C=O) groups excluding carboxylic acids is 1. The van der Waals surface area contributed by atoms with Crippen molar-refractivity contribution < 1.29 is 9.53 Å². The van der Waals surface area contributed by atoms with Crippen LogP contribution in [0.15, 0.2) is 18.7 Å². The number of ether oxygens (including phenoxy) is 1.